The zero-order valence-corrected chi connectivity index (χ0v) is 12.5. The Bertz CT molecular complexity index is 792. The van der Waals surface area contributed by atoms with Crippen LogP contribution in [0.25, 0.3) is 22.0 Å². The highest BCUT2D eigenvalue weighted by atomic mass is 16.3. The van der Waals surface area contributed by atoms with E-state index in [-0.39, 0.29) is 6.61 Å². The lowest BCUT2D eigenvalue weighted by Gasteiger charge is -2.10. The van der Waals surface area contributed by atoms with Crippen LogP contribution in [0, 0.1) is 0 Å². The molecule has 0 bridgehead atoms. The quantitative estimate of drug-likeness (QED) is 0.690. The molecule has 0 radical (unpaired) electrons. The van der Waals surface area contributed by atoms with E-state index in [1.165, 1.54) is 33.3 Å². The summed E-state index contributed by atoms with van der Waals surface area (Å²) in [7, 11) is 0. The maximum Gasteiger partial charge on any atom is 0.0556 e. The Morgan fingerprint density at radius 3 is 2.77 bits per heavy atom. The molecule has 0 spiro atoms. The Hall–Kier alpha value is -2.10. The standard InChI is InChI=1S/C19H20N2O/c22-11-10-20-18-9-7-15-16-12-14(13-4-2-1-3-5-13)6-8-17(16)21-19(15)18/h1-6,8,12,18,20-22H,7,9-11H2. The molecule has 1 atom stereocenters. The van der Waals surface area contributed by atoms with Gasteiger partial charge >= 0.3 is 0 Å². The second-order valence-electron chi connectivity index (χ2n) is 5.91. The first-order valence-corrected chi connectivity index (χ1v) is 7.91. The van der Waals surface area contributed by atoms with Gasteiger partial charge in [0.2, 0.25) is 0 Å². The van der Waals surface area contributed by atoms with Crippen LogP contribution in [0.4, 0.5) is 0 Å². The van der Waals surface area contributed by atoms with Crippen molar-refractivity contribution in [2.45, 2.75) is 18.9 Å². The molecular weight excluding hydrogens is 272 g/mol. The zero-order chi connectivity index (χ0) is 14.9. The summed E-state index contributed by atoms with van der Waals surface area (Å²) in [6.45, 7) is 0.832. The van der Waals surface area contributed by atoms with Gasteiger partial charge in [-0.1, -0.05) is 36.4 Å². The molecule has 0 fully saturated rings. The van der Waals surface area contributed by atoms with Gasteiger partial charge in [0.15, 0.2) is 0 Å². The number of benzene rings is 2. The highest BCUT2D eigenvalue weighted by molar-refractivity contribution is 5.89. The van der Waals surface area contributed by atoms with Gasteiger partial charge in [0.1, 0.15) is 0 Å². The third kappa shape index (κ3) is 2.23. The number of aromatic nitrogens is 1. The molecule has 1 aliphatic rings. The normalized spacial score (nSPS) is 17.0. The maximum atomic E-state index is 9.00. The monoisotopic (exact) mass is 292 g/mol. The number of fused-ring (bicyclic) bond motifs is 3. The van der Waals surface area contributed by atoms with Crippen molar-refractivity contribution < 1.29 is 5.11 Å². The third-order valence-electron chi connectivity index (χ3n) is 4.58. The van der Waals surface area contributed by atoms with Gasteiger partial charge in [-0.15, -0.1) is 0 Å². The van der Waals surface area contributed by atoms with Crippen LogP contribution in [-0.2, 0) is 6.42 Å². The van der Waals surface area contributed by atoms with E-state index in [9.17, 15) is 0 Å². The van der Waals surface area contributed by atoms with E-state index in [4.69, 9.17) is 5.11 Å². The predicted octanol–water partition coefficient (Wildman–Crippen LogP) is 3.40. The Labute approximate surface area is 130 Å². The topological polar surface area (TPSA) is 48.0 Å². The van der Waals surface area contributed by atoms with Gasteiger partial charge < -0.3 is 15.4 Å². The molecule has 0 aliphatic heterocycles. The van der Waals surface area contributed by atoms with E-state index in [1.807, 2.05) is 6.07 Å². The minimum absolute atomic E-state index is 0.185. The minimum atomic E-state index is 0.185. The second kappa shape index (κ2) is 5.59. The SMILES string of the molecule is OCCNC1CCc2c1[nH]c1ccc(-c3ccccc3)cc21. The smallest absolute Gasteiger partial charge is 0.0556 e. The van der Waals surface area contributed by atoms with Crippen molar-refractivity contribution >= 4 is 10.9 Å². The van der Waals surface area contributed by atoms with Crippen molar-refractivity contribution in [1.82, 2.24) is 10.3 Å². The van der Waals surface area contributed by atoms with Crippen LogP contribution in [0.15, 0.2) is 48.5 Å². The van der Waals surface area contributed by atoms with Gasteiger partial charge in [-0.25, -0.2) is 0 Å². The van der Waals surface area contributed by atoms with E-state index in [2.05, 4.69) is 52.8 Å². The summed E-state index contributed by atoms with van der Waals surface area (Å²) in [5.41, 5.74) is 6.46. The molecule has 112 valence electrons. The van der Waals surface area contributed by atoms with Gasteiger partial charge in [0, 0.05) is 29.2 Å². The van der Waals surface area contributed by atoms with E-state index >= 15 is 0 Å². The summed E-state index contributed by atoms with van der Waals surface area (Å²) in [5.74, 6) is 0. The molecule has 0 saturated carbocycles. The largest absolute Gasteiger partial charge is 0.395 e. The van der Waals surface area contributed by atoms with Crippen LogP contribution in [0.5, 0.6) is 0 Å². The average Bonchev–Trinajstić information content (AvgIpc) is 3.12. The average molecular weight is 292 g/mol. The van der Waals surface area contributed by atoms with E-state index in [0.29, 0.717) is 12.6 Å². The molecule has 3 heteroatoms. The van der Waals surface area contributed by atoms with Crippen molar-refractivity contribution in [1.29, 1.82) is 0 Å². The van der Waals surface area contributed by atoms with Crippen molar-refractivity contribution in [2.75, 3.05) is 13.2 Å². The molecule has 2 aromatic carbocycles. The van der Waals surface area contributed by atoms with E-state index < -0.39 is 0 Å². The Kier molecular flexibility index (Phi) is 3.45. The fourth-order valence-electron chi connectivity index (χ4n) is 3.52. The van der Waals surface area contributed by atoms with Crippen LogP contribution in [0.3, 0.4) is 0 Å². The highest BCUT2D eigenvalue weighted by Gasteiger charge is 2.26. The molecule has 22 heavy (non-hydrogen) atoms. The number of hydrogen-bond acceptors (Lipinski definition) is 2. The highest BCUT2D eigenvalue weighted by Crippen LogP contribution is 2.37. The Morgan fingerprint density at radius 1 is 1.09 bits per heavy atom. The summed E-state index contributed by atoms with van der Waals surface area (Å²) < 4.78 is 0. The van der Waals surface area contributed by atoms with Crippen molar-refractivity contribution in [2.24, 2.45) is 0 Å². The molecule has 3 aromatic rings. The molecular formula is C19H20N2O. The number of hydrogen-bond donors (Lipinski definition) is 3. The molecule has 0 amide bonds. The fourth-order valence-corrected chi connectivity index (χ4v) is 3.52. The van der Waals surface area contributed by atoms with Gasteiger partial charge in [-0.3, -0.25) is 0 Å². The van der Waals surface area contributed by atoms with Crippen LogP contribution in [0.2, 0.25) is 0 Å². The lowest BCUT2D eigenvalue weighted by molar-refractivity contribution is 0.284. The Morgan fingerprint density at radius 2 is 1.95 bits per heavy atom. The molecule has 1 heterocycles. The van der Waals surface area contributed by atoms with Gasteiger partial charge in [-0.2, -0.15) is 0 Å². The maximum absolute atomic E-state index is 9.00. The van der Waals surface area contributed by atoms with E-state index in [0.717, 1.165) is 12.8 Å². The van der Waals surface area contributed by atoms with Gasteiger partial charge in [-0.05, 0) is 41.7 Å². The number of aliphatic hydroxyl groups is 1. The summed E-state index contributed by atoms with van der Waals surface area (Å²) in [4.78, 5) is 3.57. The predicted molar refractivity (Wildman–Crippen MR) is 89.9 cm³/mol. The first kappa shape index (κ1) is 13.6. The fraction of sp³-hybridized carbons (Fsp3) is 0.263. The molecule has 0 saturated heterocycles. The molecule has 3 nitrogen and oxygen atoms in total. The third-order valence-corrected chi connectivity index (χ3v) is 4.58. The Balaban J connectivity index is 1.75. The zero-order valence-electron chi connectivity index (χ0n) is 12.5. The molecule has 1 unspecified atom stereocenters. The number of aryl methyl sites for hydroxylation is 1. The number of aromatic amines is 1. The molecule has 1 aliphatic carbocycles. The van der Waals surface area contributed by atoms with E-state index in [1.54, 1.807) is 0 Å². The molecule has 3 N–H and O–H groups in total. The summed E-state index contributed by atoms with van der Waals surface area (Å²) in [5, 5.41) is 13.8. The number of rotatable bonds is 4. The van der Waals surface area contributed by atoms with Crippen LogP contribution >= 0.6 is 0 Å². The number of H-pyrrole nitrogens is 1. The van der Waals surface area contributed by atoms with Crippen LogP contribution in [0.1, 0.15) is 23.7 Å². The number of nitrogens with one attached hydrogen (secondary N) is 2. The second-order valence-corrected chi connectivity index (χ2v) is 5.91. The van der Waals surface area contributed by atoms with Crippen LogP contribution < -0.4 is 5.32 Å². The first-order chi connectivity index (χ1) is 10.9. The molecule has 4 rings (SSSR count). The van der Waals surface area contributed by atoms with Crippen molar-refractivity contribution in [3.05, 3.63) is 59.8 Å². The summed E-state index contributed by atoms with van der Waals surface area (Å²) >= 11 is 0. The first-order valence-electron chi connectivity index (χ1n) is 7.91. The van der Waals surface area contributed by atoms with Crippen molar-refractivity contribution in [3.8, 4) is 11.1 Å². The summed E-state index contributed by atoms with van der Waals surface area (Å²) in [6.07, 6.45) is 2.20. The lowest BCUT2D eigenvalue weighted by Crippen LogP contribution is -2.22. The molecule has 1 aromatic heterocycles. The van der Waals surface area contributed by atoms with Gasteiger partial charge in [0.05, 0.1) is 6.61 Å². The lowest BCUT2D eigenvalue weighted by atomic mass is 10.0. The van der Waals surface area contributed by atoms with Gasteiger partial charge in [0.25, 0.3) is 0 Å². The van der Waals surface area contributed by atoms with Crippen LogP contribution in [-0.4, -0.2) is 23.2 Å². The van der Waals surface area contributed by atoms with Crippen molar-refractivity contribution in [3.63, 3.8) is 0 Å². The number of aliphatic hydroxyl groups excluding tert-OH is 1. The summed E-state index contributed by atoms with van der Waals surface area (Å²) in [6, 6.07) is 17.5. The minimum Gasteiger partial charge on any atom is -0.395 e.